The van der Waals surface area contributed by atoms with Crippen molar-refractivity contribution in [2.24, 2.45) is 0 Å². The molecule has 0 saturated heterocycles. The number of fused-ring (bicyclic) bond motifs is 2. The molecule has 0 saturated carbocycles. The second kappa shape index (κ2) is 4.45. The van der Waals surface area contributed by atoms with Gasteiger partial charge in [0.2, 0.25) is 0 Å². The Bertz CT molecular complexity index is 953. The Morgan fingerprint density at radius 1 is 0.905 bits per heavy atom. The SMILES string of the molecule is O=C(Nc1ccc2cn[nH]c2c1)c1ccc2cn[nH]c2c1. The van der Waals surface area contributed by atoms with Crippen molar-refractivity contribution in [3.8, 4) is 0 Å². The molecular formula is C15H11N5O. The number of hydrogen-bond donors (Lipinski definition) is 3. The van der Waals surface area contributed by atoms with Gasteiger partial charge in [-0.2, -0.15) is 10.2 Å². The van der Waals surface area contributed by atoms with Crippen LogP contribution in [0.3, 0.4) is 0 Å². The van der Waals surface area contributed by atoms with E-state index in [1.54, 1.807) is 24.5 Å². The van der Waals surface area contributed by atoms with Crippen molar-refractivity contribution in [3.63, 3.8) is 0 Å². The zero-order valence-electron chi connectivity index (χ0n) is 10.9. The van der Waals surface area contributed by atoms with E-state index in [-0.39, 0.29) is 5.91 Å². The quantitative estimate of drug-likeness (QED) is 0.526. The van der Waals surface area contributed by atoms with Gasteiger partial charge in [0.15, 0.2) is 0 Å². The molecule has 2 aromatic carbocycles. The van der Waals surface area contributed by atoms with Gasteiger partial charge in [0.05, 0.1) is 23.4 Å². The van der Waals surface area contributed by atoms with Gasteiger partial charge in [-0.1, -0.05) is 6.07 Å². The molecule has 1 amide bonds. The lowest BCUT2D eigenvalue weighted by Crippen LogP contribution is -2.11. The van der Waals surface area contributed by atoms with Crippen LogP contribution in [0.15, 0.2) is 48.8 Å². The summed E-state index contributed by atoms with van der Waals surface area (Å²) in [5, 5.41) is 18.5. The molecule has 0 bridgehead atoms. The van der Waals surface area contributed by atoms with E-state index in [2.05, 4.69) is 25.7 Å². The smallest absolute Gasteiger partial charge is 0.255 e. The van der Waals surface area contributed by atoms with E-state index in [1.807, 2.05) is 24.3 Å². The Morgan fingerprint density at radius 3 is 2.33 bits per heavy atom. The van der Waals surface area contributed by atoms with Crippen LogP contribution >= 0.6 is 0 Å². The molecule has 0 aliphatic rings. The predicted octanol–water partition coefficient (Wildman–Crippen LogP) is 2.69. The van der Waals surface area contributed by atoms with E-state index in [0.29, 0.717) is 5.56 Å². The third-order valence-corrected chi connectivity index (χ3v) is 3.40. The van der Waals surface area contributed by atoms with Crippen LogP contribution in [-0.4, -0.2) is 26.3 Å². The van der Waals surface area contributed by atoms with Gasteiger partial charge >= 0.3 is 0 Å². The molecule has 0 radical (unpaired) electrons. The molecule has 102 valence electrons. The summed E-state index contributed by atoms with van der Waals surface area (Å²) in [5.41, 5.74) is 3.03. The molecule has 0 atom stereocenters. The van der Waals surface area contributed by atoms with E-state index in [0.717, 1.165) is 27.5 Å². The number of carbonyl (C=O) groups is 1. The monoisotopic (exact) mass is 277 g/mol. The number of rotatable bonds is 2. The standard InChI is InChI=1S/C15H11N5O/c21-15(9-1-2-10-7-16-19-13(10)5-9)18-12-4-3-11-8-17-20-14(11)6-12/h1-8H,(H,16,19)(H,17,20)(H,18,21). The van der Waals surface area contributed by atoms with Crippen molar-refractivity contribution >= 4 is 33.4 Å². The second-order valence-electron chi connectivity index (χ2n) is 4.80. The number of benzene rings is 2. The first-order chi connectivity index (χ1) is 10.3. The van der Waals surface area contributed by atoms with E-state index in [1.165, 1.54) is 0 Å². The van der Waals surface area contributed by atoms with Gasteiger partial charge in [-0.05, 0) is 30.3 Å². The summed E-state index contributed by atoms with van der Waals surface area (Å²) >= 11 is 0. The molecular weight excluding hydrogens is 266 g/mol. The van der Waals surface area contributed by atoms with Crippen molar-refractivity contribution in [3.05, 3.63) is 54.4 Å². The number of hydrogen-bond acceptors (Lipinski definition) is 3. The first-order valence-corrected chi connectivity index (χ1v) is 6.47. The molecule has 6 heteroatoms. The average Bonchev–Trinajstić information content (AvgIpc) is 3.14. The van der Waals surface area contributed by atoms with Crippen molar-refractivity contribution in [1.82, 2.24) is 20.4 Å². The van der Waals surface area contributed by atoms with Gasteiger partial charge in [0.25, 0.3) is 5.91 Å². The summed E-state index contributed by atoms with van der Waals surface area (Å²) in [7, 11) is 0. The number of nitrogens with zero attached hydrogens (tertiary/aromatic N) is 2. The average molecular weight is 277 g/mol. The fourth-order valence-corrected chi connectivity index (χ4v) is 2.30. The highest BCUT2D eigenvalue weighted by Gasteiger charge is 2.08. The number of nitrogens with one attached hydrogen (secondary N) is 3. The lowest BCUT2D eigenvalue weighted by Gasteiger charge is -2.05. The minimum atomic E-state index is -0.162. The maximum absolute atomic E-state index is 12.3. The molecule has 0 fully saturated rings. The van der Waals surface area contributed by atoms with Crippen molar-refractivity contribution in [2.75, 3.05) is 5.32 Å². The fraction of sp³-hybridized carbons (Fsp3) is 0. The first-order valence-electron chi connectivity index (χ1n) is 6.47. The number of H-pyrrole nitrogens is 2. The van der Waals surface area contributed by atoms with Crippen LogP contribution in [0.1, 0.15) is 10.4 Å². The van der Waals surface area contributed by atoms with Crippen molar-refractivity contribution in [1.29, 1.82) is 0 Å². The molecule has 4 rings (SSSR count). The topological polar surface area (TPSA) is 86.5 Å². The number of aromatic amines is 2. The van der Waals surface area contributed by atoms with Gasteiger partial charge in [0.1, 0.15) is 0 Å². The zero-order valence-corrected chi connectivity index (χ0v) is 10.9. The summed E-state index contributed by atoms with van der Waals surface area (Å²) in [4.78, 5) is 12.3. The maximum atomic E-state index is 12.3. The number of amides is 1. The molecule has 4 aromatic rings. The lowest BCUT2D eigenvalue weighted by molar-refractivity contribution is 0.102. The molecule has 6 nitrogen and oxygen atoms in total. The first kappa shape index (κ1) is 11.7. The predicted molar refractivity (Wildman–Crippen MR) is 80.1 cm³/mol. The Kier molecular flexibility index (Phi) is 2.47. The van der Waals surface area contributed by atoms with E-state index >= 15 is 0 Å². The maximum Gasteiger partial charge on any atom is 0.255 e. The molecule has 2 heterocycles. The minimum Gasteiger partial charge on any atom is -0.322 e. The van der Waals surface area contributed by atoms with Crippen LogP contribution in [0, 0.1) is 0 Å². The lowest BCUT2D eigenvalue weighted by atomic mass is 10.1. The van der Waals surface area contributed by atoms with E-state index in [4.69, 9.17) is 0 Å². The third-order valence-electron chi connectivity index (χ3n) is 3.40. The molecule has 2 aromatic heterocycles. The Morgan fingerprint density at radius 2 is 1.57 bits per heavy atom. The molecule has 0 unspecified atom stereocenters. The highest BCUT2D eigenvalue weighted by atomic mass is 16.1. The number of anilines is 1. The fourth-order valence-electron chi connectivity index (χ4n) is 2.30. The number of carbonyl (C=O) groups excluding carboxylic acids is 1. The largest absolute Gasteiger partial charge is 0.322 e. The Labute approximate surface area is 119 Å². The molecule has 3 N–H and O–H groups in total. The summed E-state index contributed by atoms with van der Waals surface area (Å²) in [6.45, 7) is 0. The highest BCUT2D eigenvalue weighted by molar-refractivity contribution is 6.06. The minimum absolute atomic E-state index is 0.162. The van der Waals surface area contributed by atoms with Crippen LogP contribution in [0.4, 0.5) is 5.69 Å². The van der Waals surface area contributed by atoms with Crippen LogP contribution in [0.25, 0.3) is 21.8 Å². The van der Waals surface area contributed by atoms with Crippen LogP contribution < -0.4 is 5.32 Å². The van der Waals surface area contributed by atoms with Gasteiger partial charge in [0, 0.05) is 22.0 Å². The summed E-state index contributed by atoms with van der Waals surface area (Å²) in [6, 6.07) is 11.0. The van der Waals surface area contributed by atoms with Crippen molar-refractivity contribution in [2.45, 2.75) is 0 Å². The zero-order chi connectivity index (χ0) is 14.2. The number of aromatic nitrogens is 4. The molecule has 0 aliphatic heterocycles. The van der Waals surface area contributed by atoms with Crippen LogP contribution in [0.5, 0.6) is 0 Å². The normalized spacial score (nSPS) is 11.0. The van der Waals surface area contributed by atoms with Gasteiger partial charge in [-0.3, -0.25) is 15.0 Å². The molecule has 0 aliphatic carbocycles. The van der Waals surface area contributed by atoms with Crippen LogP contribution in [0.2, 0.25) is 0 Å². The highest BCUT2D eigenvalue weighted by Crippen LogP contribution is 2.18. The summed E-state index contributed by atoms with van der Waals surface area (Å²) in [5.74, 6) is -0.162. The summed E-state index contributed by atoms with van der Waals surface area (Å²) < 4.78 is 0. The Balaban J connectivity index is 1.64. The van der Waals surface area contributed by atoms with Crippen molar-refractivity contribution < 1.29 is 4.79 Å². The van der Waals surface area contributed by atoms with E-state index < -0.39 is 0 Å². The van der Waals surface area contributed by atoms with Gasteiger partial charge in [-0.15, -0.1) is 0 Å². The second-order valence-corrected chi connectivity index (χ2v) is 4.80. The molecule has 0 spiro atoms. The Hall–Kier alpha value is -3.15. The molecule has 21 heavy (non-hydrogen) atoms. The van der Waals surface area contributed by atoms with Crippen LogP contribution in [-0.2, 0) is 0 Å². The van der Waals surface area contributed by atoms with E-state index in [9.17, 15) is 4.79 Å². The summed E-state index contributed by atoms with van der Waals surface area (Å²) in [6.07, 6.45) is 3.47. The van der Waals surface area contributed by atoms with Gasteiger partial charge < -0.3 is 5.32 Å². The van der Waals surface area contributed by atoms with Gasteiger partial charge in [-0.25, -0.2) is 0 Å². The third kappa shape index (κ3) is 2.02.